The smallest absolute Gasteiger partial charge is 0.365 e. The molecule has 31 heavy (non-hydrogen) atoms. The van der Waals surface area contributed by atoms with Gasteiger partial charge < -0.3 is 18.8 Å². The fraction of sp³-hybridized carbons (Fsp3) is 0.238. The van der Waals surface area contributed by atoms with Gasteiger partial charge in [-0.2, -0.15) is 5.10 Å². The lowest BCUT2D eigenvalue weighted by atomic mass is 10.2. The molecule has 9 nitrogen and oxygen atoms in total. The number of ether oxygens (including phenoxy) is 3. The lowest BCUT2D eigenvalue weighted by Crippen LogP contribution is -2.16. The largest absolute Gasteiger partial charge is 0.497 e. The number of aromatic nitrogens is 3. The van der Waals surface area contributed by atoms with E-state index in [1.54, 1.807) is 31.8 Å². The Bertz CT molecular complexity index is 1070. The van der Waals surface area contributed by atoms with Gasteiger partial charge in [-0.25, -0.2) is 4.79 Å². The van der Waals surface area contributed by atoms with E-state index < -0.39 is 5.97 Å². The van der Waals surface area contributed by atoms with Crippen LogP contribution in [0.1, 0.15) is 6.92 Å². The van der Waals surface area contributed by atoms with Crippen molar-refractivity contribution in [1.82, 2.24) is 14.8 Å². The molecule has 0 amide bonds. The van der Waals surface area contributed by atoms with Crippen LogP contribution in [0.4, 0.5) is 5.69 Å². The van der Waals surface area contributed by atoms with E-state index in [-0.39, 0.29) is 11.7 Å². The molecule has 0 unspecified atom stereocenters. The highest BCUT2D eigenvalue weighted by atomic mass is 32.2. The summed E-state index contributed by atoms with van der Waals surface area (Å²) >= 11 is 1.06. The van der Waals surface area contributed by atoms with Gasteiger partial charge in [-0.1, -0.05) is 6.07 Å². The normalized spacial score (nSPS) is 11.2. The maximum atomic E-state index is 12.4. The van der Waals surface area contributed by atoms with Crippen molar-refractivity contribution < 1.29 is 19.0 Å². The summed E-state index contributed by atoms with van der Waals surface area (Å²) in [6.45, 7) is 1.97. The van der Waals surface area contributed by atoms with Crippen molar-refractivity contribution in [2.45, 2.75) is 12.1 Å². The molecule has 0 saturated carbocycles. The second-order valence-corrected chi connectivity index (χ2v) is 7.13. The van der Waals surface area contributed by atoms with Crippen LogP contribution >= 0.6 is 11.8 Å². The highest BCUT2D eigenvalue weighted by molar-refractivity contribution is 8.15. The Morgan fingerprint density at radius 2 is 1.84 bits per heavy atom. The van der Waals surface area contributed by atoms with Crippen LogP contribution in [0.2, 0.25) is 0 Å². The first kappa shape index (κ1) is 22.2. The number of carbonyl (C=O) groups excluding carboxylic acids is 1. The van der Waals surface area contributed by atoms with Crippen LogP contribution in [0.25, 0.3) is 11.4 Å². The number of thioether (sulfide) groups is 1. The minimum absolute atomic E-state index is 0.0986. The van der Waals surface area contributed by atoms with Crippen LogP contribution in [-0.2, 0) is 16.6 Å². The Hall–Kier alpha value is -3.53. The number of hydrogen-bond acceptors (Lipinski definition) is 9. The molecule has 3 aromatic rings. The number of methoxy groups -OCH3 is 2. The van der Waals surface area contributed by atoms with Crippen molar-refractivity contribution >= 4 is 28.5 Å². The third-order valence-electron chi connectivity index (χ3n) is 4.18. The standard InChI is InChI=1S/C21H23N5O4S/c1-5-30-20(27)19(24-22-15-7-6-8-17(13-15)29-4)31-21-25-23-18(26(21)2)14-9-11-16(28-3)12-10-14/h6-13,22H,5H2,1-4H3. The Labute approximate surface area is 184 Å². The topological polar surface area (TPSA) is 99.9 Å². The van der Waals surface area contributed by atoms with Gasteiger partial charge in [-0.15, -0.1) is 10.2 Å². The highest BCUT2D eigenvalue weighted by Crippen LogP contribution is 2.26. The number of anilines is 1. The third-order valence-corrected chi connectivity index (χ3v) is 5.17. The van der Waals surface area contributed by atoms with Crippen LogP contribution in [0.5, 0.6) is 11.5 Å². The number of benzene rings is 2. The molecular formula is C21H23N5O4S. The third kappa shape index (κ3) is 5.54. The van der Waals surface area contributed by atoms with Gasteiger partial charge in [-0.05, 0) is 55.1 Å². The summed E-state index contributed by atoms with van der Waals surface area (Å²) in [5, 5.41) is 13.3. The number of nitrogens with one attached hydrogen (secondary N) is 1. The molecule has 0 aliphatic heterocycles. The number of carbonyl (C=O) groups is 1. The van der Waals surface area contributed by atoms with Gasteiger partial charge in [0.2, 0.25) is 5.04 Å². The first-order valence-electron chi connectivity index (χ1n) is 9.42. The Balaban J connectivity index is 1.84. The number of rotatable bonds is 7. The van der Waals surface area contributed by atoms with Gasteiger partial charge in [0.25, 0.3) is 0 Å². The van der Waals surface area contributed by atoms with E-state index in [9.17, 15) is 4.79 Å². The molecular weight excluding hydrogens is 418 g/mol. The fourth-order valence-corrected chi connectivity index (χ4v) is 3.30. The summed E-state index contributed by atoms with van der Waals surface area (Å²) in [6, 6.07) is 14.7. The highest BCUT2D eigenvalue weighted by Gasteiger charge is 2.20. The number of esters is 1. The first-order valence-corrected chi connectivity index (χ1v) is 10.2. The van der Waals surface area contributed by atoms with Gasteiger partial charge in [0, 0.05) is 18.7 Å². The van der Waals surface area contributed by atoms with Gasteiger partial charge in [0.05, 0.1) is 26.5 Å². The molecule has 0 atom stereocenters. The van der Waals surface area contributed by atoms with Gasteiger partial charge in [0.15, 0.2) is 11.0 Å². The van der Waals surface area contributed by atoms with Crippen molar-refractivity contribution in [1.29, 1.82) is 0 Å². The van der Waals surface area contributed by atoms with E-state index >= 15 is 0 Å². The van der Waals surface area contributed by atoms with Gasteiger partial charge >= 0.3 is 5.97 Å². The summed E-state index contributed by atoms with van der Waals surface area (Å²) in [6.07, 6.45) is 0. The van der Waals surface area contributed by atoms with E-state index in [1.807, 2.05) is 49.5 Å². The molecule has 1 aromatic heterocycles. The van der Waals surface area contributed by atoms with E-state index in [0.29, 0.717) is 22.4 Å². The molecule has 0 fully saturated rings. The van der Waals surface area contributed by atoms with Crippen LogP contribution in [0.3, 0.4) is 0 Å². The quantitative estimate of drug-likeness (QED) is 0.195. The van der Waals surface area contributed by atoms with Crippen LogP contribution in [0.15, 0.2) is 58.8 Å². The lowest BCUT2D eigenvalue weighted by Gasteiger charge is -2.08. The van der Waals surface area contributed by atoms with Crippen molar-refractivity contribution in [2.24, 2.45) is 12.1 Å². The SMILES string of the molecule is CCOC(=O)C(=NNc1cccc(OC)c1)Sc1nnc(-c2ccc(OC)cc2)n1C. The maximum absolute atomic E-state index is 12.4. The zero-order valence-electron chi connectivity index (χ0n) is 17.7. The van der Waals surface area contributed by atoms with Crippen molar-refractivity contribution in [3.05, 3.63) is 48.5 Å². The minimum Gasteiger partial charge on any atom is -0.497 e. The molecule has 0 bridgehead atoms. The summed E-state index contributed by atoms with van der Waals surface area (Å²) in [4.78, 5) is 12.4. The molecule has 10 heteroatoms. The molecule has 0 aliphatic rings. The molecule has 0 saturated heterocycles. The zero-order valence-corrected chi connectivity index (χ0v) is 18.5. The molecule has 0 radical (unpaired) electrons. The summed E-state index contributed by atoms with van der Waals surface area (Å²) in [5.41, 5.74) is 4.40. The van der Waals surface area contributed by atoms with Gasteiger partial charge in [-0.3, -0.25) is 5.43 Å². The summed E-state index contributed by atoms with van der Waals surface area (Å²) in [7, 11) is 5.01. The second-order valence-electron chi connectivity index (χ2n) is 6.18. The van der Waals surface area contributed by atoms with Crippen molar-refractivity contribution in [3.8, 4) is 22.9 Å². The average molecular weight is 442 g/mol. The molecule has 1 heterocycles. The predicted octanol–water partition coefficient (Wildman–Crippen LogP) is 3.58. The van der Waals surface area contributed by atoms with Crippen LogP contribution in [0, 0.1) is 0 Å². The van der Waals surface area contributed by atoms with E-state index in [1.165, 1.54) is 0 Å². The molecule has 2 aromatic carbocycles. The monoisotopic (exact) mass is 441 g/mol. The zero-order chi connectivity index (χ0) is 22.2. The van der Waals surface area contributed by atoms with Crippen LogP contribution in [-0.4, -0.2) is 46.6 Å². The first-order chi connectivity index (χ1) is 15.0. The Morgan fingerprint density at radius 3 is 2.52 bits per heavy atom. The van der Waals surface area contributed by atoms with E-state index in [4.69, 9.17) is 14.2 Å². The number of hydrogen-bond donors (Lipinski definition) is 1. The molecule has 162 valence electrons. The van der Waals surface area contributed by atoms with Crippen LogP contribution < -0.4 is 14.9 Å². The van der Waals surface area contributed by atoms with Gasteiger partial charge in [0.1, 0.15) is 11.5 Å². The summed E-state index contributed by atoms with van der Waals surface area (Å²) < 4.78 is 17.3. The fourth-order valence-electron chi connectivity index (χ4n) is 2.59. The van der Waals surface area contributed by atoms with Crippen molar-refractivity contribution in [2.75, 3.05) is 26.3 Å². The predicted molar refractivity (Wildman–Crippen MR) is 120 cm³/mol. The summed E-state index contributed by atoms with van der Waals surface area (Å²) in [5.74, 6) is 1.51. The van der Waals surface area contributed by atoms with Crippen molar-refractivity contribution in [3.63, 3.8) is 0 Å². The second kappa shape index (κ2) is 10.5. The number of nitrogens with zero attached hydrogens (tertiary/aromatic N) is 4. The Kier molecular flexibility index (Phi) is 7.50. The molecule has 3 rings (SSSR count). The average Bonchev–Trinajstić information content (AvgIpc) is 3.16. The van der Waals surface area contributed by atoms with E-state index in [0.717, 1.165) is 23.1 Å². The molecule has 1 N–H and O–H groups in total. The molecule has 0 aliphatic carbocycles. The lowest BCUT2D eigenvalue weighted by molar-refractivity contribution is -0.134. The Morgan fingerprint density at radius 1 is 1.10 bits per heavy atom. The number of hydrazone groups is 1. The molecule has 0 spiro atoms. The maximum Gasteiger partial charge on any atom is 0.365 e. The minimum atomic E-state index is -0.558. The van der Waals surface area contributed by atoms with E-state index in [2.05, 4.69) is 20.7 Å².